The van der Waals surface area contributed by atoms with Crippen molar-refractivity contribution < 1.29 is 9.32 Å². The number of aromatic nitrogens is 2. The van der Waals surface area contributed by atoms with E-state index in [1.54, 1.807) is 6.92 Å². The third kappa shape index (κ3) is 3.89. The molecule has 6 nitrogen and oxygen atoms in total. The van der Waals surface area contributed by atoms with E-state index in [2.05, 4.69) is 15.5 Å². The van der Waals surface area contributed by atoms with Gasteiger partial charge in [0.05, 0.1) is 0 Å². The molecule has 6 heteroatoms. The first kappa shape index (κ1) is 14.2. The Morgan fingerprint density at radius 3 is 2.95 bits per heavy atom. The number of hydrogen-bond donors (Lipinski definition) is 2. The van der Waals surface area contributed by atoms with Crippen molar-refractivity contribution in [3.63, 3.8) is 0 Å². The van der Waals surface area contributed by atoms with E-state index in [1.807, 2.05) is 31.2 Å². The lowest BCUT2D eigenvalue weighted by Crippen LogP contribution is -2.19. The van der Waals surface area contributed by atoms with Crippen molar-refractivity contribution in [1.82, 2.24) is 10.1 Å². The van der Waals surface area contributed by atoms with Crippen molar-refractivity contribution in [2.75, 3.05) is 5.32 Å². The van der Waals surface area contributed by atoms with Crippen LogP contribution in [0.3, 0.4) is 0 Å². The van der Waals surface area contributed by atoms with Gasteiger partial charge >= 0.3 is 0 Å². The molecular formula is C14H18N4O2. The monoisotopic (exact) mass is 274 g/mol. The third-order valence-electron chi connectivity index (χ3n) is 2.76. The fourth-order valence-corrected chi connectivity index (χ4v) is 1.73. The predicted molar refractivity (Wildman–Crippen MR) is 76.0 cm³/mol. The molecular weight excluding hydrogens is 256 g/mol. The van der Waals surface area contributed by atoms with Gasteiger partial charge in [0.1, 0.15) is 0 Å². The molecule has 1 amide bonds. The first-order chi connectivity index (χ1) is 9.54. The van der Waals surface area contributed by atoms with Crippen LogP contribution in [0.5, 0.6) is 0 Å². The van der Waals surface area contributed by atoms with Gasteiger partial charge in [-0.05, 0) is 25.5 Å². The number of nitrogens with one attached hydrogen (secondary N) is 1. The second-order valence-electron chi connectivity index (χ2n) is 4.78. The average Bonchev–Trinajstić information content (AvgIpc) is 2.83. The summed E-state index contributed by atoms with van der Waals surface area (Å²) in [5.74, 6) is 0.962. The highest BCUT2D eigenvalue weighted by molar-refractivity contribution is 5.91. The zero-order valence-electron chi connectivity index (χ0n) is 11.6. The molecule has 1 aromatic carbocycles. The van der Waals surface area contributed by atoms with E-state index in [9.17, 15) is 4.79 Å². The van der Waals surface area contributed by atoms with E-state index >= 15 is 0 Å². The van der Waals surface area contributed by atoms with Crippen molar-refractivity contribution in [2.45, 2.75) is 32.7 Å². The van der Waals surface area contributed by atoms with Gasteiger partial charge in [0.2, 0.25) is 17.6 Å². The number of rotatable bonds is 5. The molecule has 20 heavy (non-hydrogen) atoms. The van der Waals surface area contributed by atoms with E-state index < -0.39 is 0 Å². The first-order valence-electron chi connectivity index (χ1n) is 6.51. The summed E-state index contributed by atoms with van der Waals surface area (Å²) in [6.45, 7) is 3.61. The number of aryl methyl sites for hydroxylation is 1. The lowest BCUT2D eigenvalue weighted by molar-refractivity contribution is -0.116. The molecule has 0 aliphatic carbocycles. The summed E-state index contributed by atoms with van der Waals surface area (Å²) in [4.78, 5) is 15.9. The van der Waals surface area contributed by atoms with Crippen LogP contribution in [0, 0.1) is 6.92 Å². The summed E-state index contributed by atoms with van der Waals surface area (Å²) in [5, 5.41) is 6.68. The van der Waals surface area contributed by atoms with Gasteiger partial charge in [0.25, 0.3) is 0 Å². The van der Waals surface area contributed by atoms with Gasteiger partial charge in [0, 0.05) is 30.6 Å². The molecule has 0 fully saturated rings. The van der Waals surface area contributed by atoms with Crippen LogP contribution in [0.1, 0.15) is 25.7 Å². The Morgan fingerprint density at radius 1 is 1.50 bits per heavy atom. The Hall–Kier alpha value is -2.21. The fraction of sp³-hybridized carbons (Fsp3) is 0.357. The Bertz CT molecular complexity index is 592. The Kier molecular flexibility index (Phi) is 4.47. The number of benzene rings is 1. The Balaban J connectivity index is 2.05. The summed E-state index contributed by atoms with van der Waals surface area (Å²) in [6.07, 6.45) is 1.07. The highest BCUT2D eigenvalue weighted by atomic mass is 16.5. The summed E-state index contributed by atoms with van der Waals surface area (Å²) in [6, 6.07) is 7.35. The van der Waals surface area contributed by atoms with E-state index in [0.29, 0.717) is 30.2 Å². The number of carbonyl (C=O) groups is 1. The largest absolute Gasteiger partial charge is 0.339 e. The molecule has 0 radical (unpaired) electrons. The minimum absolute atomic E-state index is 0.0226. The van der Waals surface area contributed by atoms with Crippen LogP contribution < -0.4 is 11.1 Å². The molecule has 1 aromatic heterocycles. The maximum Gasteiger partial charge on any atom is 0.224 e. The SMILES string of the molecule is Cc1nc(-c2cccc(NC(=O)CCC(C)N)c2)no1. The van der Waals surface area contributed by atoms with Gasteiger partial charge in [-0.25, -0.2) is 0 Å². The summed E-state index contributed by atoms with van der Waals surface area (Å²) in [5.41, 5.74) is 7.14. The van der Waals surface area contributed by atoms with Crippen LogP contribution in [-0.4, -0.2) is 22.1 Å². The van der Waals surface area contributed by atoms with Gasteiger partial charge in [-0.1, -0.05) is 17.3 Å². The lowest BCUT2D eigenvalue weighted by atomic mass is 10.1. The van der Waals surface area contributed by atoms with Crippen LogP contribution in [0.15, 0.2) is 28.8 Å². The number of nitrogens with two attached hydrogens (primary N) is 1. The van der Waals surface area contributed by atoms with Crippen LogP contribution >= 0.6 is 0 Å². The minimum Gasteiger partial charge on any atom is -0.339 e. The van der Waals surface area contributed by atoms with Crippen molar-refractivity contribution in [3.05, 3.63) is 30.2 Å². The molecule has 0 aliphatic rings. The van der Waals surface area contributed by atoms with Gasteiger partial charge < -0.3 is 15.6 Å². The van der Waals surface area contributed by atoms with Crippen molar-refractivity contribution >= 4 is 11.6 Å². The predicted octanol–water partition coefficient (Wildman–Crippen LogP) is 2.11. The molecule has 0 saturated heterocycles. The van der Waals surface area contributed by atoms with Crippen LogP contribution in [0.25, 0.3) is 11.4 Å². The molecule has 3 N–H and O–H groups in total. The zero-order valence-corrected chi connectivity index (χ0v) is 11.6. The summed E-state index contributed by atoms with van der Waals surface area (Å²) < 4.78 is 4.94. The van der Waals surface area contributed by atoms with Gasteiger partial charge in [-0.15, -0.1) is 0 Å². The average molecular weight is 274 g/mol. The van der Waals surface area contributed by atoms with Crippen LogP contribution in [0.2, 0.25) is 0 Å². The highest BCUT2D eigenvalue weighted by Crippen LogP contribution is 2.20. The van der Waals surface area contributed by atoms with Crippen molar-refractivity contribution in [1.29, 1.82) is 0 Å². The standard InChI is InChI=1S/C14H18N4O2/c1-9(15)6-7-13(19)17-12-5-3-4-11(8-12)14-16-10(2)20-18-14/h3-5,8-9H,6-7,15H2,1-2H3,(H,17,19). The second kappa shape index (κ2) is 6.29. The minimum atomic E-state index is -0.0521. The molecule has 2 rings (SSSR count). The second-order valence-corrected chi connectivity index (χ2v) is 4.78. The molecule has 2 aromatic rings. The van der Waals surface area contributed by atoms with Gasteiger partial charge in [0.15, 0.2) is 0 Å². The molecule has 0 aliphatic heterocycles. The number of amides is 1. The number of hydrogen-bond acceptors (Lipinski definition) is 5. The first-order valence-corrected chi connectivity index (χ1v) is 6.51. The molecule has 1 heterocycles. The van der Waals surface area contributed by atoms with E-state index in [-0.39, 0.29) is 11.9 Å². The van der Waals surface area contributed by atoms with Gasteiger partial charge in [-0.3, -0.25) is 4.79 Å². The number of nitrogens with zero attached hydrogens (tertiary/aromatic N) is 2. The number of anilines is 1. The lowest BCUT2D eigenvalue weighted by Gasteiger charge is -2.07. The Labute approximate surface area is 117 Å². The third-order valence-corrected chi connectivity index (χ3v) is 2.76. The molecule has 1 atom stereocenters. The smallest absolute Gasteiger partial charge is 0.224 e. The fourth-order valence-electron chi connectivity index (χ4n) is 1.73. The maximum absolute atomic E-state index is 11.8. The quantitative estimate of drug-likeness (QED) is 0.870. The van der Waals surface area contributed by atoms with E-state index in [1.165, 1.54) is 0 Å². The molecule has 0 spiro atoms. The van der Waals surface area contributed by atoms with Crippen LogP contribution in [-0.2, 0) is 4.79 Å². The summed E-state index contributed by atoms with van der Waals surface area (Å²) >= 11 is 0. The topological polar surface area (TPSA) is 94.0 Å². The molecule has 0 saturated carbocycles. The molecule has 0 bridgehead atoms. The van der Waals surface area contributed by atoms with E-state index in [4.69, 9.17) is 10.3 Å². The normalized spacial score (nSPS) is 12.2. The maximum atomic E-state index is 11.8. The number of carbonyl (C=O) groups excluding carboxylic acids is 1. The Morgan fingerprint density at radius 2 is 2.30 bits per heavy atom. The highest BCUT2D eigenvalue weighted by Gasteiger charge is 2.08. The van der Waals surface area contributed by atoms with Gasteiger partial charge in [-0.2, -0.15) is 4.98 Å². The molecule has 1 unspecified atom stereocenters. The molecule has 106 valence electrons. The van der Waals surface area contributed by atoms with Crippen molar-refractivity contribution in [3.8, 4) is 11.4 Å². The zero-order chi connectivity index (χ0) is 14.5. The van der Waals surface area contributed by atoms with Crippen LogP contribution in [0.4, 0.5) is 5.69 Å². The van der Waals surface area contributed by atoms with E-state index in [0.717, 1.165) is 5.56 Å². The summed E-state index contributed by atoms with van der Waals surface area (Å²) in [7, 11) is 0. The van der Waals surface area contributed by atoms with Crippen molar-refractivity contribution in [2.24, 2.45) is 5.73 Å².